The van der Waals surface area contributed by atoms with Gasteiger partial charge in [0.2, 0.25) is 0 Å². The SMILES string of the molecule is CC(C)(C)OC(=O)N1CC(O)[C@H](O)[C@@H]2OC(c3ccccc3)OCC21. The maximum Gasteiger partial charge on any atom is 0.410 e. The van der Waals surface area contributed by atoms with Crippen LogP contribution in [0.15, 0.2) is 30.3 Å². The summed E-state index contributed by atoms with van der Waals surface area (Å²) in [6, 6.07) is 8.83. The van der Waals surface area contributed by atoms with Gasteiger partial charge < -0.3 is 24.4 Å². The van der Waals surface area contributed by atoms with Crippen molar-refractivity contribution in [1.29, 1.82) is 0 Å². The number of carbonyl (C=O) groups is 1. The lowest BCUT2D eigenvalue weighted by atomic mass is 9.93. The number of benzene rings is 1. The molecule has 0 aliphatic carbocycles. The third-order valence-corrected chi connectivity index (χ3v) is 4.29. The Morgan fingerprint density at radius 2 is 1.92 bits per heavy atom. The van der Waals surface area contributed by atoms with Crippen LogP contribution in [-0.2, 0) is 14.2 Å². The van der Waals surface area contributed by atoms with Crippen LogP contribution in [0.5, 0.6) is 0 Å². The topological polar surface area (TPSA) is 88.5 Å². The van der Waals surface area contributed by atoms with Gasteiger partial charge in [-0.25, -0.2) is 4.79 Å². The van der Waals surface area contributed by atoms with Gasteiger partial charge in [0, 0.05) is 5.56 Å². The largest absolute Gasteiger partial charge is 0.444 e. The predicted molar refractivity (Wildman–Crippen MR) is 88.7 cm³/mol. The van der Waals surface area contributed by atoms with Gasteiger partial charge in [0.05, 0.1) is 19.2 Å². The molecule has 2 heterocycles. The Balaban J connectivity index is 1.77. The van der Waals surface area contributed by atoms with E-state index in [1.165, 1.54) is 4.90 Å². The molecule has 0 bridgehead atoms. The average molecular weight is 351 g/mol. The number of hydrogen-bond donors (Lipinski definition) is 2. The summed E-state index contributed by atoms with van der Waals surface area (Å²) in [4.78, 5) is 13.9. The number of β-amino-alcohol motifs (C(OH)–C–C–N with tert-alkyl or cyclic N) is 1. The number of nitrogens with zero attached hydrogens (tertiary/aromatic N) is 1. The Bertz CT molecular complexity index is 601. The van der Waals surface area contributed by atoms with Crippen molar-refractivity contribution in [2.45, 2.75) is 57.0 Å². The van der Waals surface area contributed by atoms with E-state index in [1.54, 1.807) is 20.8 Å². The minimum absolute atomic E-state index is 0.0278. The molecule has 2 fully saturated rings. The number of aliphatic hydroxyl groups excluding tert-OH is 2. The molecule has 2 N–H and O–H groups in total. The fourth-order valence-electron chi connectivity index (χ4n) is 3.11. The molecule has 1 aromatic carbocycles. The van der Waals surface area contributed by atoms with E-state index in [-0.39, 0.29) is 13.2 Å². The summed E-state index contributed by atoms with van der Waals surface area (Å²) in [5, 5.41) is 20.5. The van der Waals surface area contributed by atoms with Crippen LogP contribution in [-0.4, -0.2) is 64.3 Å². The first-order valence-electron chi connectivity index (χ1n) is 8.44. The van der Waals surface area contributed by atoms with Crippen molar-refractivity contribution in [1.82, 2.24) is 4.90 Å². The maximum absolute atomic E-state index is 12.5. The first-order valence-corrected chi connectivity index (χ1v) is 8.44. The number of amides is 1. The van der Waals surface area contributed by atoms with Crippen molar-refractivity contribution >= 4 is 6.09 Å². The molecule has 0 saturated carbocycles. The summed E-state index contributed by atoms with van der Waals surface area (Å²) < 4.78 is 17.1. The lowest BCUT2D eigenvalue weighted by Gasteiger charge is -2.49. The summed E-state index contributed by atoms with van der Waals surface area (Å²) in [6.07, 6.45) is -4.17. The van der Waals surface area contributed by atoms with Gasteiger partial charge in [-0.1, -0.05) is 30.3 Å². The standard InChI is InChI=1S/C18H25NO6/c1-18(2,3)25-17(22)19-9-13(20)14(21)15-12(19)10-23-16(24-15)11-7-5-4-6-8-11/h4-8,12-16,20-21H,9-10H2,1-3H3/t12?,13?,14-,15+,16?/m0/s1. The zero-order valence-electron chi connectivity index (χ0n) is 14.7. The highest BCUT2D eigenvalue weighted by atomic mass is 16.7. The first kappa shape index (κ1) is 18.1. The minimum atomic E-state index is -1.11. The van der Waals surface area contributed by atoms with Crippen molar-refractivity contribution in [3.8, 4) is 0 Å². The second-order valence-electron chi connectivity index (χ2n) is 7.43. The molecule has 1 amide bonds. The summed E-state index contributed by atoms with van der Waals surface area (Å²) in [7, 11) is 0. The summed E-state index contributed by atoms with van der Waals surface area (Å²) in [5.41, 5.74) is 0.160. The van der Waals surface area contributed by atoms with Gasteiger partial charge in [-0.15, -0.1) is 0 Å². The Labute approximate surface area is 147 Å². The fraction of sp³-hybridized carbons (Fsp3) is 0.611. The van der Waals surface area contributed by atoms with Gasteiger partial charge in [0.1, 0.15) is 23.9 Å². The Morgan fingerprint density at radius 3 is 2.56 bits per heavy atom. The number of ether oxygens (including phenoxy) is 3. The average Bonchev–Trinajstić information content (AvgIpc) is 2.57. The van der Waals surface area contributed by atoms with Crippen molar-refractivity contribution in [3.63, 3.8) is 0 Å². The number of aliphatic hydroxyl groups is 2. The maximum atomic E-state index is 12.5. The molecule has 0 aromatic heterocycles. The number of likely N-dealkylation sites (tertiary alicyclic amines) is 1. The van der Waals surface area contributed by atoms with Crippen molar-refractivity contribution < 1.29 is 29.2 Å². The van der Waals surface area contributed by atoms with E-state index in [1.807, 2.05) is 30.3 Å². The molecule has 0 spiro atoms. The molecule has 3 unspecified atom stereocenters. The number of fused-ring (bicyclic) bond motifs is 1. The third kappa shape index (κ3) is 3.95. The van der Waals surface area contributed by atoms with E-state index in [9.17, 15) is 15.0 Å². The summed E-state index contributed by atoms with van der Waals surface area (Å²) in [5.74, 6) is 0. The molecule has 2 aliphatic rings. The van der Waals surface area contributed by atoms with E-state index >= 15 is 0 Å². The number of hydrogen-bond acceptors (Lipinski definition) is 6. The van der Waals surface area contributed by atoms with E-state index in [2.05, 4.69) is 0 Å². The lowest BCUT2D eigenvalue weighted by molar-refractivity contribution is -0.284. The zero-order valence-corrected chi connectivity index (χ0v) is 14.7. The Kier molecular flexibility index (Phi) is 5.02. The minimum Gasteiger partial charge on any atom is -0.444 e. The molecule has 138 valence electrons. The van der Waals surface area contributed by atoms with Crippen LogP contribution in [0.3, 0.4) is 0 Å². The predicted octanol–water partition coefficient (Wildman–Crippen LogP) is 1.44. The van der Waals surface area contributed by atoms with Crippen LogP contribution in [0.4, 0.5) is 4.79 Å². The van der Waals surface area contributed by atoms with Crippen LogP contribution < -0.4 is 0 Å². The van der Waals surface area contributed by atoms with Crippen LogP contribution >= 0.6 is 0 Å². The van der Waals surface area contributed by atoms with Crippen LogP contribution in [0.1, 0.15) is 32.6 Å². The molecule has 7 nitrogen and oxygen atoms in total. The highest BCUT2D eigenvalue weighted by molar-refractivity contribution is 5.69. The van der Waals surface area contributed by atoms with E-state index in [4.69, 9.17) is 14.2 Å². The zero-order chi connectivity index (χ0) is 18.2. The van der Waals surface area contributed by atoms with Gasteiger partial charge in [-0.05, 0) is 20.8 Å². The Morgan fingerprint density at radius 1 is 1.24 bits per heavy atom. The molecule has 5 atom stereocenters. The van der Waals surface area contributed by atoms with Crippen LogP contribution in [0, 0.1) is 0 Å². The van der Waals surface area contributed by atoms with Gasteiger partial charge >= 0.3 is 6.09 Å². The van der Waals surface area contributed by atoms with Gasteiger partial charge in [0.25, 0.3) is 0 Å². The molecule has 2 aliphatic heterocycles. The molecule has 25 heavy (non-hydrogen) atoms. The van der Waals surface area contributed by atoms with Gasteiger partial charge in [0.15, 0.2) is 6.29 Å². The first-order chi connectivity index (χ1) is 11.8. The number of carbonyl (C=O) groups excluding carboxylic acids is 1. The normalized spacial score (nSPS) is 32.8. The molecule has 2 saturated heterocycles. The van der Waals surface area contributed by atoms with Crippen molar-refractivity contribution in [2.75, 3.05) is 13.2 Å². The fourth-order valence-corrected chi connectivity index (χ4v) is 3.11. The third-order valence-electron chi connectivity index (χ3n) is 4.29. The van der Waals surface area contributed by atoms with Crippen LogP contribution in [0.2, 0.25) is 0 Å². The number of rotatable bonds is 1. The van der Waals surface area contributed by atoms with E-state index < -0.39 is 42.3 Å². The monoisotopic (exact) mass is 351 g/mol. The molecular weight excluding hydrogens is 326 g/mol. The van der Waals surface area contributed by atoms with E-state index in [0.29, 0.717) is 0 Å². The molecule has 1 aromatic rings. The van der Waals surface area contributed by atoms with Gasteiger partial charge in [-0.2, -0.15) is 0 Å². The van der Waals surface area contributed by atoms with E-state index in [0.717, 1.165) is 5.56 Å². The molecule has 7 heteroatoms. The molecule has 3 rings (SSSR count). The molecule has 0 radical (unpaired) electrons. The lowest BCUT2D eigenvalue weighted by Crippen LogP contribution is -2.67. The number of piperidine rings is 1. The second-order valence-corrected chi connectivity index (χ2v) is 7.43. The van der Waals surface area contributed by atoms with Gasteiger partial charge in [-0.3, -0.25) is 4.90 Å². The summed E-state index contributed by atoms with van der Waals surface area (Å²) in [6.45, 7) is 5.48. The molecular formula is C18H25NO6. The Hall–Kier alpha value is -1.67. The van der Waals surface area contributed by atoms with Crippen molar-refractivity contribution in [2.24, 2.45) is 0 Å². The highest BCUT2D eigenvalue weighted by Crippen LogP contribution is 2.34. The quantitative estimate of drug-likeness (QED) is 0.796. The smallest absolute Gasteiger partial charge is 0.410 e. The summed E-state index contributed by atoms with van der Waals surface area (Å²) >= 11 is 0. The van der Waals surface area contributed by atoms with Crippen molar-refractivity contribution in [3.05, 3.63) is 35.9 Å². The second kappa shape index (κ2) is 6.92. The van der Waals surface area contributed by atoms with Crippen LogP contribution in [0.25, 0.3) is 0 Å². The highest BCUT2D eigenvalue weighted by Gasteiger charge is 2.49.